The molecule has 2 nitrogen and oxygen atoms in total. The van der Waals surface area contributed by atoms with Crippen LogP contribution in [-0.2, 0) is 6.42 Å². The van der Waals surface area contributed by atoms with Crippen LogP contribution in [-0.4, -0.2) is 55.3 Å². The summed E-state index contributed by atoms with van der Waals surface area (Å²) in [5.74, 6) is 1.81. The van der Waals surface area contributed by atoms with E-state index >= 15 is 0 Å². The zero-order valence-electron chi connectivity index (χ0n) is 11.7. The lowest BCUT2D eigenvalue weighted by Crippen LogP contribution is -2.25. The molecule has 0 aliphatic carbocycles. The van der Waals surface area contributed by atoms with Gasteiger partial charge in [0, 0.05) is 24.9 Å². The smallest absolute Gasteiger partial charge is 0.170 e. The monoisotopic (exact) mass is 311 g/mol. The lowest BCUT2D eigenvalue weighted by molar-refractivity contribution is -0.524. The Hall–Kier alpha value is -0.670. The summed E-state index contributed by atoms with van der Waals surface area (Å²) in [7, 11) is 4.27. The highest BCUT2D eigenvalue weighted by atomic mass is 79.9. The maximum atomic E-state index is 2.94. The van der Waals surface area contributed by atoms with Crippen LogP contribution in [0, 0.1) is 0 Å². The summed E-state index contributed by atoms with van der Waals surface area (Å²) in [5, 5.41) is 0. The highest BCUT2D eigenvalue weighted by Crippen LogP contribution is 2.11. The van der Waals surface area contributed by atoms with Crippen molar-refractivity contribution in [3.63, 3.8) is 0 Å². The molecule has 0 saturated heterocycles. The first-order valence-corrected chi connectivity index (χ1v) is 8.03. The van der Waals surface area contributed by atoms with Gasteiger partial charge in [0.1, 0.15) is 13.1 Å². The van der Waals surface area contributed by atoms with Crippen LogP contribution in [0.1, 0.15) is 17.5 Å². The second-order valence-electron chi connectivity index (χ2n) is 4.77. The molecule has 0 saturated carbocycles. The van der Waals surface area contributed by atoms with Crippen LogP contribution < -0.4 is 0 Å². The second kappa shape index (κ2) is 8.44. The molecule has 2 rings (SSSR count). The highest BCUT2D eigenvalue weighted by molar-refractivity contribution is 9.08. The van der Waals surface area contributed by atoms with Gasteiger partial charge in [-0.2, -0.15) is 0 Å². The van der Waals surface area contributed by atoms with E-state index in [1.165, 1.54) is 43.6 Å². The van der Waals surface area contributed by atoms with Crippen LogP contribution in [0.25, 0.3) is 0 Å². The second-order valence-corrected chi connectivity index (χ2v) is 4.77. The fourth-order valence-electron chi connectivity index (χ4n) is 2.18. The first kappa shape index (κ1) is 15.4. The number of alkyl halides is 1. The minimum Gasteiger partial charge on any atom is -0.309 e. The molecule has 0 amide bonds. The maximum Gasteiger partial charge on any atom is 0.170 e. The number of benzene rings is 1. The largest absolute Gasteiger partial charge is 0.309 e. The Morgan fingerprint density at radius 1 is 1.22 bits per heavy atom. The van der Waals surface area contributed by atoms with E-state index in [0.717, 1.165) is 0 Å². The quantitative estimate of drug-likeness (QED) is 0.612. The van der Waals surface area contributed by atoms with Crippen LogP contribution >= 0.6 is 15.9 Å². The molecule has 0 bridgehead atoms. The van der Waals surface area contributed by atoms with Crippen LogP contribution in [0.2, 0.25) is 0 Å². The van der Waals surface area contributed by atoms with Crippen molar-refractivity contribution in [1.82, 2.24) is 4.90 Å². The minimum atomic E-state index is 1.17. The highest BCUT2D eigenvalue weighted by Gasteiger charge is 2.14. The van der Waals surface area contributed by atoms with Gasteiger partial charge in [0.2, 0.25) is 0 Å². The van der Waals surface area contributed by atoms with Gasteiger partial charge in [-0.3, -0.25) is 0 Å². The first-order chi connectivity index (χ1) is 8.75. The van der Waals surface area contributed by atoms with Gasteiger partial charge in [-0.05, 0) is 31.6 Å². The summed E-state index contributed by atoms with van der Waals surface area (Å²) >= 11 is 2.94. The third-order valence-electron chi connectivity index (χ3n) is 3.10. The van der Waals surface area contributed by atoms with Gasteiger partial charge in [0.25, 0.3) is 0 Å². The Labute approximate surface area is 119 Å². The molecule has 0 aromatic heterocycles. The third-order valence-corrected chi connectivity index (χ3v) is 3.10. The SMILES string of the molecule is CBr.CN(C)CCC[N+]1=Cc2ccccc2CC1. The van der Waals surface area contributed by atoms with E-state index in [1.54, 1.807) is 0 Å². The molecule has 1 aromatic carbocycles. The van der Waals surface area contributed by atoms with Gasteiger partial charge < -0.3 is 4.90 Å². The summed E-state index contributed by atoms with van der Waals surface area (Å²) in [6.07, 6.45) is 4.74. The van der Waals surface area contributed by atoms with Gasteiger partial charge in [-0.15, -0.1) is 0 Å². The van der Waals surface area contributed by atoms with Crippen LogP contribution in [0.5, 0.6) is 0 Å². The average Bonchev–Trinajstić information content (AvgIpc) is 2.40. The number of halogens is 1. The van der Waals surface area contributed by atoms with E-state index in [-0.39, 0.29) is 0 Å². The maximum absolute atomic E-state index is 2.94. The standard InChI is InChI=1S/C14H21N2.CH3Br/c1-15(2)9-5-10-16-11-8-13-6-3-4-7-14(13)12-16;1-2/h3-4,6-7,12H,5,8-11H2,1-2H3;1H3/q+1;. The van der Waals surface area contributed by atoms with Crippen molar-refractivity contribution < 1.29 is 4.58 Å². The Kier molecular flexibility index (Phi) is 7.21. The zero-order valence-corrected chi connectivity index (χ0v) is 13.3. The minimum absolute atomic E-state index is 1.17. The van der Waals surface area contributed by atoms with E-state index < -0.39 is 0 Å². The third kappa shape index (κ3) is 4.91. The van der Waals surface area contributed by atoms with Crippen molar-refractivity contribution in [1.29, 1.82) is 0 Å². The molecule has 0 N–H and O–H groups in total. The number of nitrogens with zero attached hydrogens (tertiary/aromatic N) is 2. The molecule has 18 heavy (non-hydrogen) atoms. The van der Waals surface area contributed by atoms with Gasteiger partial charge in [0.05, 0.1) is 0 Å². The van der Waals surface area contributed by atoms with E-state index in [1.807, 2.05) is 5.83 Å². The first-order valence-electron chi connectivity index (χ1n) is 6.45. The molecular formula is C15H24BrN2+. The molecule has 0 atom stereocenters. The predicted molar refractivity (Wildman–Crippen MR) is 83.3 cm³/mol. The number of fused-ring (bicyclic) bond motifs is 1. The lowest BCUT2D eigenvalue weighted by Gasteiger charge is -2.13. The Bertz CT molecular complexity index is 386. The van der Waals surface area contributed by atoms with E-state index in [9.17, 15) is 0 Å². The molecule has 1 aliphatic rings. The van der Waals surface area contributed by atoms with Gasteiger partial charge in [-0.25, -0.2) is 4.58 Å². The summed E-state index contributed by atoms with van der Waals surface area (Å²) < 4.78 is 2.45. The molecule has 0 fully saturated rings. The van der Waals surface area contributed by atoms with E-state index in [0.29, 0.717) is 0 Å². The van der Waals surface area contributed by atoms with Gasteiger partial charge in [0.15, 0.2) is 6.21 Å². The molecule has 3 heteroatoms. The Morgan fingerprint density at radius 3 is 2.67 bits per heavy atom. The lowest BCUT2D eigenvalue weighted by atomic mass is 10.0. The van der Waals surface area contributed by atoms with Gasteiger partial charge in [-0.1, -0.05) is 34.1 Å². The van der Waals surface area contributed by atoms with Crippen molar-refractivity contribution >= 4 is 22.1 Å². The topological polar surface area (TPSA) is 6.25 Å². The molecule has 1 aromatic rings. The molecule has 1 heterocycles. The summed E-state index contributed by atoms with van der Waals surface area (Å²) in [6, 6.07) is 8.71. The zero-order chi connectivity index (χ0) is 13.4. The number of hydrogen-bond donors (Lipinski definition) is 0. The molecule has 1 aliphatic heterocycles. The van der Waals surface area contributed by atoms with E-state index in [4.69, 9.17) is 0 Å². The van der Waals surface area contributed by atoms with Crippen molar-refractivity contribution in [3.05, 3.63) is 35.4 Å². The fraction of sp³-hybridized carbons (Fsp3) is 0.533. The molecule has 100 valence electrons. The number of hydrogen-bond acceptors (Lipinski definition) is 1. The van der Waals surface area contributed by atoms with Crippen LogP contribution in [0.3, 0.4) is 0 Å². The Morgan fingerprint density at radius 2 is 1.94 bits per heavy atom. The summed E-state index contributed by atoms with van der Waals surface area (Å²) in [5.41, 5.74) is 2.89. The van der Waals surface area contributed by atoms with Gasteiger partial charge >= 0.3 is 0 Å². The molecular weight excluding hydrogens is 288 g/mol. The van der Waals surface area contributed by atoms with E-state index in [2.05, 4.69) is 70.0 Å². The summed E-state index contributed by atoms with van der Waals surface area (Å²) in [4.78, 5) is 2.25. The normalized spacial score (nSPS) is 13.5. The summed E-state index contributed by atoms with van der Waals surface area (Å²) in [6.45, 7) is 3.52. The molecule has 0 spiro atoms. The van der Waals surface area contributed by atoms with Crippen molar-refractivity contribution in [2.75, 3.05) is 39.6 Å². The average molecular weight is 312 g/mol. The van der Waals surface area contributed by atoms with Crippen molar-refractivity contribution in [3.8, 4) is 0 Å². The number of rotatable bonds is 4. The predicted octanol–water partition coefficient (Wildman–Crippen LogP) is 2.64. The van der Waals surface area contributed by atoms with Crippen LogP contribution in [0.4, 0.5) is 0 Å². The molecule has 0 unspecified atom stereocenters. The fourth-order valence-corrected chi connectivity index (χ4v) is 2.18. The van der Waals surface area contributed by atoms with Crippen molar-refractivity contribution in [2.24, 2.45) is 0 Å². The Balaban J connectivity index is 0.000000771. The van der Waals surface area contributed by atoms with Crippen LogP contribution in [0.15, 0.2) is 24.3 Å². The van der Waals surface area contributed by atoms with Crippen molar-refractivity contribution in [2.45, 2.75) is 12.8 Å². The molecule has 0 radical (unpaired) electrons.